The summed E-state index contributed by atoms with van der Waals surface area (Å²) in [7, 11) is 1.69. The van der Waals surface area contributed by atoms with E-state index in [1.165, 1.54) is 0 Å². The highest BCUT2D eigenvalue weighted by Crippen LogP contribution is 1.94. The number of amidine groups is 1. The first-order chi connectivity index (χ1) is 6.74. The smallest absolute Gasteiger partial charge is 0.153 e. The summed E-state index contributed by atoms with van der Waals surface area (Å²) in [5.41, 5.74) is 5.44. The van der Waals surface area contributed by atoms with Crippen LogP contribution < -0.4 is 5.73 Å². The van der Waals surface area contributed by atoms with Crippen LogP contribution in [0.15, 0.2) is 5.16 Å². The molecule has 3 N–H and O–H groups in total. The molecule has 0 heterocycles. The summed E-state index contributed by atoms with van der Waals surface area (Å²) in [5, 5.41) is 11.4. The van der Waals surface area contributed by atoms with Crippen molar-refractivity contribution in [2.75, 3.05) is 33.4 Å². The molecule has 5 nitrogen and oxygen atoms in total. The normalized spacial score (nSPS) is 12.4. The number of nitrogens with two attached hydrogens (primary N) is 1. The van der Waals surface area contributed by atoms with Crippen LogP contribution >= 0.6 is 0 Å². The summed E-state index contributed by atoms with van der Waals surface area (Å²) in [6.45, 7) is 5.25. The molecule has 0 aliphatic heterocycles. The lowest BCUT2D eigenvalue weighted by molar-refractivity contribution is 0.176. The van der Waals surface area contributed by atoms with Crippen molar-refractivity contribution in [3.8, 4) is 0 Å². The van der Waals surface area contributed by atoms with Crippen LogP contribution in [0.5, 0.6) is 0 Å². The van der Waals surface area contributed by atoms with E-state index >= 15 is 0 Å². The fourth-order valence-electron chi connectivity index (χ4n) is 1.28. The zero-order valence-corrected chi connectivity index (χ0v) is 9.07. The van der Waals surface area contributed by atoms with Gasteiger partial charge in [0.15, 0.2) is 5.84 Å². The van der Waals surface area contributed by atoms with Crippen molar-refractivity contribution >= 4 is 5.84 Å². The fourth-order valence-corrected chi connectivity index (χ4v) is 1.28. The van der Waals surface area contributed by atoms with Gasteiger partial charge in [-0.25, -0.2) is 0 Å². The molecular formula is C9H21N3O2. The molecule has 0 aromatic carbocycles. The van der Waals surface area contributed by atoms with Crippen molar-refractivity contribution in [1.82, 2.24) is 4.90 Å². The minimum atomic E-state index is 0.260. The number of ether oxygens (including phenoxy) is 1. The summed E-state index contributed by atoms with van der Waals surface area (Å²) >= 11 is 0. The van der Waals surface area contributed by atoms with Gasteiger partial charge in [-0.3, -0.25) is 4.90 Å². The predicted octanol–water partition coefficient (Wildman–Crippen LogP) is 0.481. The van der Waals surface area contributed by atoms with Gasteiger partial charge in [0.2, 0.25) is 0 Å². The average Bonchev–Trinajstić information content (AvgIpc) is 2.18. The van der Waals surface area contributed by atoms with E-state index in [9.17, 15) is 0 Å². The maximum Gasteiger partial charge on any atom is 0.153 e. The van der Waals surface area contributed by atoms with Crippen molar-refractivity contribution in [3.63, 3.8) is 0 Å². The molecule has 0 aromatic rings. The molecule has 0 spiro atoms. The summed E-state index contributed by atoms with van der Waals surface area (Å²) < 4.78 is 4.96. The molecule has 0 saturated heterocycles. The highest BCUT2D eigenvalue weighted by atomic mass is 16.5. The molecule has 5 heteroatoms. The molecule has 14 heavy (non-hydrogen) atoms. The van der Waals surface area contributed by atoms with Crippen molar-refractivity contribution in [3.05, 3.63) is 0 Å². The van der Waals surface area contributed by atoms with Gasteiger partial charge in [0.25, 0.3) is 0 Å². The number of oxime groups is 1. The molecule has 0 aromatic heterocycles. The Morgan fingerprint density at radius 2 is 2.21 bits per heavy atom. The minimum Gasteiger partial charge on any atom is -0.409 e. The zero-order chi connectivity index (χ0) is 10.8. The van der Waals surface area contributed by atoms with Gasteiger partial charge in [0.05, 0.1) is 6.54 Å². The molecule has 0 amide bonds. The monoisotopic (exact) mass is 203 g/mol. The average molecular weight is 203 g/mol. The highest BCUT2D eigenvalue weighted by molar-refractivity contribution is 5.81. The van der Waals surface area contributed by atoms with E-state index in [2.05, 4.69) is 17.0 Å². The largest absolute Gasteiger partial charge is 0.409 e. The summed E-state index contributed by atoms with van der Waals surface area (Å²) in [6.07, 6.45) is 2.03. The Kier molecular flexibility index (Phi) is 8.27. The van der Waals surface area contributed by atoms with Crippen LogP contribution in [0.25, 0.3) is 0 Å². The molecule has 0 bridgehead atoms. The van der Waals surface area contributed by atoms with Crippen LogP contribution in [0.1, 0.15) is 19.8 Å². The third-order valence-electron chi connectivity index (χ3n) is 1.88. The molecule has 0 aliphatic carbocycles. The lowest BCUT2D eigenvalue weighted by Gasteiger charge is -2.20. The van der Waals surface area contributed by atoms with Crippen molar-refractivity contribution < 1.29 is 9.94 Å². The van der Waals surface area contributed by atoms with Gasteiger partial charge in [0, 0.05) is 20.3 Å². The first-order valence-corrected chi connectivity index (χ1v) is 4.92. The van der Waals surface area contributed by atoms with Crippen molar-refractivity contribution in [2.45, 2.75) is 19.8 Å². The third-order valence-corrected chi connectivity index (χ3v) is 1.88. The molecule has 0 rings (SSSR count). The first kappa shape index (κ1) is 13.2. The Morgan fingerprint density at radius 3 is 2.71 bits per heavy atom. The van der Waals surface area contributed by atoms with E-state index in [-0.39, 0.29) is 5.84 Å². The van der Waals surface area contributed by atoms with Gasteiger partial charge in [0.1, 0.15) is 0 Å². The topological polar surface area (TPSA) is 71.1 Å². The lowest BCUT2D eigenvalue weighted by Crippen LogP contribution is -2.35. The Labute approximate surface area is 85.5 Å². The molecule has 84 valence electrons. The van der Waals surface area contributed by atoms with Gasteiger partial charge < -0.3 is 15.7 Å². The Bertz CT molecular complexity index is 162. The summed E-state index contributed by atoms with van der Waals surface area (Å²) in [5.74, 6) is 0.260. The molecule has 0 fully saturated rings. The molecular weight excluding hydrogens is 182 g/mol. The van der Waals surface area contributed by atoms with Crippen LogP contribution in [0.2, 0.25) is 0 Å². The summed E-state index contributed by atoms with van der Waals surface area (Å²) in [6, 6.07) is 0. The molecule has 0 aliphatic rings. The quantitative estimate of drug-likeness (QED) is 0.198. The molecule has 0 radical (unpaired) electrons. The lowest BCUT2D eigenvalue weighted by atomic mass is 10.3. The van der Waals surface area contributed by atoms with Crippen LogP contribution in [-0.2, 0) is 4.74 Å². The van der Waals surface area contributed by atoms with Crippen molar-refractivity contribution in [1.29, 1.82) is 0 Å². The van der Waals surface area contributed by atoms with Crippen LogP contribution in [0.4, 0.5) is 0 Å². The van der Waals surface area contributed by atoms with Gasteiger partial charge in [-0.05, 0) is 19.4 Å². The molecule has 0 unspecified atom stereocenters. The standard InChI is InChI=1S/C9H21N3O2/c1-3-5-12(6-4-7-14-2)8-9(10)11-13/h13H,3-8H2,1-2H3,(H2,10,11). The second kappa shape index (κ2) is 8.77. The third kappa shape index (κ3) is 6.68. The van der Waals surface area contributed by atoms with E-state index in [1.807, 2.05) is 0 Å². The number of rotatable bonds is 8. The van der Waals surface area contributed by atoms with E-state index < -0.39 is 0 Å². The zero-order valence-electron chi connectivity index (χ0n) is 9.07. The second-order valence-corrected chi connectivity index (χ2v) is 3.21. The van der Waals surface area contributed by atoms with Gasteiger partial charge in [-0.15, -0.1) is 0 Å². The van der Waals surface area contributed by atoms with Crippen LogP contribution in [0, 0.1) is 0 Å². The van der Waals surface area contributed by atoms with Gasteiger partial charge in [-0.2, -0.15) is 0 Å². The first-order valence-electron chi connectivity index (χ1n) is 4.92. The number of hydrogen-bond acceptors (Lipinski definition) is 4. The Hall–Kier alpha value is -0.810. The van der Waals surface area contributed by atoms with Crippen molar-refractivity contribution in [2.24, 2.45) is 10.9 Å². The number of methoxy groups -OCH3 is 1. The minimum absolute atomic E-state index is 0.260. The number of nitrogens with zero attached hydrogens (tertiary/aromatic N) is 2. The van der Waals surface area contributed by atoms with E-state index in [1.54, 1.807) is 7.11 Å². The van der Waals surface area contributed by atoms with Crippen LogP contribution in [0.3, 0.4) is 0 Å². The van der Waals surface area contributed by atoms with E-state index in [0.29, 0.717) is 6.54 Å². The predicted molar refractivity (Wildman–Crippen MR) is 56.6 cm³/mol. The Morgan fingerprint density at radius 1 is 1.50 bits per heavy atom. The number of hydrogen-bond donors (Lipinski definition) is 2. The molecule has 0 atom stereocenters. The van der Waals surface area contributed by atoms with Gasteiger partial charge >= 0.3 is 0 Å². The maximum atomic E-state index is 8.44. The SMILES string of the molecule is CCCN(CCCOC)CC(N)=NO. The maximum absolute atomic E-state index is 8.44. The van der Waals surface area contributed by atoms with Crippen LogP contribution in [-0.4, -0.2) is 49.3 Å². The fraction of sp³-hybridized carbons (Fsp3) is 0.889. The van der Waals surface area contributed by atoms with Gasteiger partial charge in [-0.1, -0.05) is 12.1 Å². The van der Waals surface area contributed by atoms with E-state index in [0.717, 1.165) is 32.5 Å². The summed E-state index contributed by atoms with van der Waals surface area (Å²) in [4.78, 5) is 2.15. The second-order valence-electron chi connectivity index (χ2n) is 3.21. The highest BCUT2D eigenvalue weighted by Gasteiger charge is 2.05. The van der Waals surface area contributed by atoms with E-state index in [4.69, 9.17) is 15.7 Å². The Balaban J connectivity index is 3.76. The molecule has 0 saturated carbocycles.